The molecular weight excluding hydrogens is 218 g/mol. The van der Waals surface area contributed by atoms with Gasteiger partial charge in [-0.05, 0) is 55.5 Å². The van der Waals surface area contributed by atoms with E-state index in [0.717, 1.165) is 17.8 Å². The van der Waals surface area contributed by atoms with Gasteiger partial charge in [-0.2, -0.15) is 0 Å². The molecule has 1 heteroatoms. The Kier molecular flexibility index (Phi) is 6.70. The highest BCUT2D eigenvalue weighted by atomic mass is 14.9. The van der Waals surface area contributed by atoms with Gasteiger partial charge in [-0.3, -0.25) is 0 Å². The lowest BCUT2D eigenvalue weighted by Crippen LogP contribution is -2.39. The van der Waals surface area contributed by atoms with Gasteiger partial charge in [0.15, 0.2) is 0 Å². The highest BCUT2D eigenvalue weighted by molar-refractivity contribution is 4.87. The number of hydrogen-bond donors (Lipinski definition) is 1. The lowest BCUT2D eigenvalue weighted by molar-refractivity contribution is 0.0725. The average molecular weight is 253 g/mol. The van der Waals surface area contributed by atoms with E-state index in [2.05, 4.69) is 39.9 Å². The molecule has 0 radical (unpaired) electrons. The molecule has 0 aromatic heterocycles. The van der Waals surface area contributed by atoms with Crippen molar-refractivity contribution < 1.29 is 0 Å². The van der Waals surface area contributed by atoms with Crippen molar-refractivity contribution in [1.29, 1.82) is 0 Å². The van der Waals surface area contributed by atoms with Crippen LogP contribution in [0.2, 0.25) is 0 Å². The first-order valence-corrected chi connectivity index (χ1v) is 8.19. The van der Waals surface area contributed by atoms with Crippen LogP contribution in [0, 0.1) is 23.2 Å². The van der Waals surface area contributed by atoms with Crippen LogP contribution in [0.5, 0.6) is 0 Å². The summed E-state index contributed by atoms with van der Waals surface area (Å²) in [6.07, 6.45) is 8.45. The van der Waals surface area contributed by atoms with Crippen molar-refractivity contribution in [1.82, 2.24) is 5.32 Å². The Hall–Kier alpha value is -0.0400. The van der Waals surface area contributed by atoms with Crippen LogP contribution >= 0.6 is 0 Å². The Morgan fingerprint density at radius 2 is 1.78 bits per heavy atom. The molecule has 0 heterocycles. The molecule has 3 atom stereocenters. The fourth-order valence-corrected chi connectivity index (χ4v) is 3.76. The first-order valence-electron chi connectivity index (χ1n) is 8.19. The average Bonchev–Trinajstić information content (AvgIpc) is 2.30. The molecule has 1 rings (SSSR count). The maximum absolute atomic E-state index is 3.65. The predicted molar refractivity (Wildman–Crippen MR) is 81.8 cm³/mol. The minimum absolute atomic E-state index is 0.477. The fourth-order valence-electron chi connectivity index (χ4n) is 3.76. The van der Waals surface area contributed by atoms with E-state index < -0.39 is 0 Å². The molecule has 1 aliphatic carbocycles. The molecule has 1 saturated carbocycles. The summed E-state index contributed by atoms with van der Waals surface area (Å²) in [7, 11) is 0. The van der Waals surface area contributed by atoms with Crippen LogP contribution in [0.1, 0.15) is 73.1 Å². The van der Waals surface area contributed by atoms with Gasteiger partial charge in [-0.1, -0.05) is 53.9 Å². The van der Waals surface area contributed by atoms with Gasteiger partial charge >= 0.3 is 0 Å². The van der Waals surface area contributed by atoms with Crippen molar-refractivity contribution in [2.75, 3.05) is 13.1 Å². The van der Waals surface area contributed by atoms with Crippen LogP contribution in [0.3, 0.4) is 0 Å². The monoisotopic (exact) mass is 253 g/mol. The molecule has 1 nitrogen and oxygen atoms in total. The number of hydrogen-bond acceptors (Lipinski definition) is 1. The summed E-state index contributed by atoms with van der Waals surface area (Å²) < 4.78 is 0. The Morgan fingerprint density at radius 3 is 2.33 bits per heavy atom. The summed E-state index contributed by atoms with van der Waals surface area (Å²) >= 11 is 0. The van der Waals surface area contributed by atoms with Crippen molar-refractivity contribution in [3.05, 3.63) is 0 Å². The maximum Gasteiger partial charge on any atom is -0.00177 e. The largest absolute Gasteiger partial charge is 0.316 e. The van der Waals surface area contributed by atoms with Crippen molar-refractivity contribution in [2.24, 2.45) is 23.2 Å². The highest BCUT2D eigenvalue weighted by Gasteiger charge is 2.36. The van der Waals surface area contributed by atoms with E-state index in [9.17, 15) is 0 Å². The minimum Gasteiger partial charge on any atom is -0.316 e. The van der Waals surface area contributed by atoms with Crippen LogP contribution < -0.4 is 5.32 Å². The van der Waals surface area contributed by atoms with E-state index in [1.54, 1.807) is 0 Å². The van der Waals surface area contributed by atoms with Crippen LogP contribution in [-0.4, -0.2) is 13.1 Å². The van der Waals surface area contributed by atoms with Gasteiger partial charge in [0.1, 0.15) is 0 Å². The smallest absolute Gasteiger partial charge is 0.00177 e. The summed E-state index contributed by atoms with van der Waals surface area (Å²) in [5.74, 6) is 2.82. The molecule has 3 unspecified atom stereocenters. The molecule has 108 valence electrons. The third-order valence-corrected chi connectivity index (χ3v) is 4.74. The molecular formula is C17H35N. The van der Waals surface area contributed by atoms with Gasteiger partial charge in [0.2, 0.25) is 0 Å². The summed E-state index contributed by atoms with van der Waals surface area (Å²) in [5.41, 5.74) is 0.477. The molecule has 0 spiro atoms. The summed E-state index contributed by atoms with van der Waals surface area (Å²) in [6.45, 7) is 14.4. The Labute approximate surface area is 115 Å². The third kappa shape index (κ3) is 4.91. The van der Waals surface area contributed by atoms with Crippen molar-refractivity contribution in [3.8, 4) is 0 Å². The molecule has 1 N–H and O–H groups in total. The molecule has 0 aromatic carbocycles. The quantitative estimate of drug-likeness (QED) is 0.666. The van der Waals surface area contributed by atoms with Crippen molar-refractivity contribution in [3.63, 3.8) is 0 Å². The van der Waals surface area contributed by atoms with E-state index in [0.29, 0.717) is 5.41 Å². The van der Waals surface area contributed by atoms with Gasteiger partial charge < -0.3 is 5.32 Å². The van der Waals surface area contributed by atoms with Gasteiger partial charge in [0.05, 0.1) is 0 Å². The molecule has 0 bridgehead atoms. The van der Waals surface area contributed by atoms with Crippen molar-refractivity contribution in [2.45, 2.75) is 73.1 Å². The van der Waals surface area contributed by atoms with Crippen LogP contribution in [0.15, 0.2) is 0 Å². The van der Waals surface area contributed by atoms with Gasteiger partial charge in [0.25, 0.3) is 0 Å². The molecule has 0 aliphatic heterocycles. The second-order valence-electron chi connectivity index (χ2n) is 7.40. The normalized spacial score (nSPS) is 29.5. The Bertz CT molecular complexity index is 216. The summed E-state index contributed by atoms with van der Waals surface area (Å²) in [5, 5.41) is 3.65. The van der Waals surface area contributed by atoms with E-state index in [1.807, 2.05) is 0 Å². The summed E-state index contributed by atoms with van der Waals surface area (Å²) in [4.78, 5) is 0. The lowest BCUT2D eigenvalue weighted by atomic mass is 9.63. The molecule has 18 heavy (non-hydrogen) atoms. The first kappa shape index (κ1) is 16.0. The van der Waals surface area contributed by atoms with Crippen LogP contribution in [0.25, 0.3) is 0 Å². The Morgan fingerprint density at radius 1 is 1.06 bits per heavy atom. The minimum atomic E-state index is 0.477. The second kappa shape index (κ2) is 7.53. The number of rotatable bonds is 6. The van der Waals surface area contributed by atoms with Crippen LogP contribution in [-0.2, 0) is 0 Å². The van der Waals surface area contributed by atoms with Crippen LogP contribution in [0.4, 0.5) is 0 Å². The van der Waals surface area contributed by atoms with Gasteiger partial charge in [0, 0.05) is 0 Å². The molecule has 1 fully saturated rings. The zero-order valence-electron chi connectivity index (χ0n) is 13.4. The highest BCUT2D eigenvalue weighted by Crippen LogP contribution is 2.44. The maximum atomic E-state index is 3.65. The van der Waals surface area contributed by atoms with E-state index in [1.165, 1.54) is 51.6 Å². The molecule has 0 aromatic rings. The topological polar surface area (TPSA) is 12.0 Å². The zero-order valence-corrected chi connectivity index (χ0v) is 13.4. The molecule has 0 amide bonds. The molecule has 1 aliphatic rings. The molecule has 0 saturated heterocycles. The predicted octanol–water partition coefficient (Wildman–Crippen LogP) is 4.86. The SMILES string of the molecule is CCCNCC1CCC(CCC)CC1C(C)(C)C. The van der Waals surface area contributed by atoms with E-state index in [-0.39, 0.29) is 0 Å². The van der Waals surface area contributed by atoms with E-state index >= 15 is 0 Å². The first-order chi connectivity index (χ1) is 8.49. The zero-order chi connectivity index (χ0) is 13.6. The Balaban J connectivity index is 2.54. The third-order valence-electron chi connectivity index (χ3n) is 4.74. The van der Waals surface area contributed by atoms with E-state index in [4.69, 9.17) is 0 Å². The second-order valence-corrected chi connectivity index (χ2v) is 7.40. The van der Waals surface area contributed by atoms with Gasteiger partial charge in [-0.25, -0.2) is 0 Å². The fraction of sp³-hybridized carbons (Fsp3) is 1.00. The standard InChI is InChI=1S/C17H35N/c1-6-8-14-9-10-15(13-18-11-7-2)16(12-14)17(3,4)5/h14-16,18H,6-13H2,1-5H3. The van der Waals surface area contributed by atoms with Gasteiger partial charge in [-0.15, -0.1) is 0 Å². The lowest BCUT2D eigenvalue weighted by Gasteiger charge is -2.44. The number of nitrogens with one attached hydrogen (secondary N) is 1. The summed E-state index contributed by atoms with van der Waals surface area (Å²) in [6, 6.07) is 0. The van der Waals surface area contributed by atoms with Crippen molar-refractivity contribution >= 4 is 0 Å².